The van der Waals surface area contributed by atoms with Gasteiger partial charge in [0, 0.05) is 6.04 Å². The number of hydrogen-bond acceptors (Lipinski definition) is 1. The Morgan fingerprint density at radius 3 is 2.62 bits per heavy atom. The van der Waals surface area contributed by atoms with Crippen molar-refractivity contribution in [2.24, 2.45) is 0 Å². The van der Waals surface area contributed by atoms with Crippen LogP contribution in [0.25, 0.3) is 0 Å². The lowest BCUT2D eigenvalue weighted by Crippen LogP contribution is -2.30. The van der Waals surface area contributed by atoms with Crippen LogP contribution in [-0.4, -0.2) is 24.0 Å². The zero-order valence-corrected chi connectivity index (χ0v) is 14.8. The minimum Gasteiger partial charge on any atom is -0.300 e. The van der Waals surface area contributed by atoms with Crippen molar-refractivity contribution in [3.05, 3.63) is 47.0 Å². The molecule has 0 aliphatic carbocycles. The molecule has 4 heteroatoms. The molecule has 2 rings (SSSR count). The Balaban J connectivity index is 2.07. The van der Waals surface area contributed by atoms with E-state index in [1.54, 1.807) is 6.07 Å². The van der Waals surface area contributed by atoms with Gasteiger partial charge in [-0.05, 0) is 74.9 Å². The number of halogens is 3. The van der Waals surface area contributed by atoms with E-state index in [1.165, 1.54) is 25.0 Å². The minimum atomic E-state index is -4.29. The molecular formula is C20H28F3N. The summed E-state index contributed by atoms with van der Waals surface area (Å²) in [5, 5.41) is 0. The smallest absolute Gasteiger partial charge is 0.300 e. The minimum absolute atomic E-state index is 0.508. The van der Waals surface area contributed by atoms with E-state index in [-0.39, 0.29) is 0 Å². The average molecular weight is 339 g/mol. The number of hydrogen-bond donors (Lipinski definition) is 0. The fourth-order valence-electron chi connectivity index (χ4n) is 3.69. The predicted octanol–water partition coefficient (Wildman–Crippen LogP) is 5.63. The number of nitrogens with zero attached hydrogens (tertiary/aromatic N) is 1. The van der Waals surface area contributed by atoms with Gasteiger partial charge in [0.2, 0.25) is 0 Å². The van der Waals surface area contributed by atoms with Gasteiger partial charge >= 0.3 is 6.18 Å². The predicted molar refractivity (Wildman–Crippen MR) is 93.2 cm³/mol. The highest BCUT2D eigenvalue weighted by atomic mass is 19.4. The van der Waals surface area contributed by atoms with Crippen molar-refractivity contribution < 1.29 is 13.2 Å². The van der Waals surface area contributed by atoms with Gasteiger partial charge in [-0.2, -0.15) is 13.2 Å². The van der Waals surface area contributed by atoms with E-state index < -0.39 is 11.7 Å². The molecule has 0 saturated carbocycles. The lowest BCUT2D eigenvalue weighted by molar-refractivity contribution is -0.137. The zero-order chi connectivity index (χ0) is 17.7. The molecule has 1 aliphatic rings. The molecule has 24 heavy (non-hydrogen) atoms. The van der Waals surface area contributed by atoms with Crippen molar-refractivity contribution >= 4 is 0 Å². The lowest BCUT2D eigenvalue weighted by Gasteiger charge is -2.25. The highest BCUT2D eigenvalue weighted by Crippen LogP contribution is 2.32. The Labute approximate surface area is 143 Å². The first kappa shape index (κ1) is 19.0. The van der Waals surface area contributed by atoms with Crippen LogP contribution in [0.2, 0.25) is 0 Å². The highest BCUT2D eigenvalue weighted by Gasteiger charge is 2.31. The maximum absolute atomic E-state index is 13.0. The van der Waals surface area contributed by atoms with Gasteiger partial charge in [-0.25, -0.2) is 0 Å². The Morgan fingerprint density at radius 2 is 2.00 bits per heavy atom. The SMILES string of the molecule is C=C(Cc1cc(C(F)(F)F)ccc1CC)C[C@@H]1CCCN1CCC. The highest BCUT2D eigenvalue weighted by molar-refractivity contribution is 5.36. The third-order valence-corrected chi connectivity index (χ3v) is 4.89. The van der Waals surface area contributed by atoms with E-state index in [0.29, 0.717) is 12.5 Å². The molecule has 1 aromatic rings. The van der Waals surface area contributed by atoms with Crippen LogP contribution in [0.1, 0.15) is 56.2 Å². The summed E-state index contributed by atoms with van der Waals surface area (Å²) < 4.78 is 38.9. The lowest BCUT2D eigenvalue weighted by atomic mass is 9.93. The number of alkyl halides is 3. The first-order chi connectivity index (χ1) is 11.3. The molecule has 0 aromatic heterocycles. The van der Waals surface area contributed by atoms with E-state index in [0.717, 1.165) is 49.1 Å². The van der Waals surface area contributed by atoms with Crippen LogP contribution in [-0.2, 0) is 19.0 Å². The monoisotopic (exact) mass is 339 g/mol. The molecule has 0 bridgehead atoms. The summed E-state index contributed by atoms with van der Waals surface area (Å²) >= 11 is 0. The first-order valence-electron chi connectivity index (χ1n) is 8.94. The Bertz CT molecular complexity index is 562. The number of likely N-dealkylation sites (tertiary alicyclic amines) is 1. The molecule has 1 nitrogen and oxygen atoms in total. The summed E-state index contributed by atoms with van der Waals surface area (Å²) in [4.78, 5) is 2.50. The van der Waals surface area contributed by atoms with Gasteiger partial charge in [-0.3, -0.25) is 0 Å². The van der Waals surface area contributed by atoms with Crippen LogP contribution in [0, 0.1) is 0 Å². The summed E-state index contributed by atoms with van der Waals surface area (Å²) in [5.41, 5.74) is 2.24. The second-order valence-corrected chi connectivity index (χ2v) is 6.80. The van der Waals surface area contributed by atoms with Gasteiger partial charge < -0.3 is 4.90 Å². The fourth-order valence-corrected chi connectivity index (χ4v) is 3.69. The van der Waals surface area contributed by atoms with Crippen molar-refractivity contribution in [2.75, 3.05) is 13.1 Å². The molecule has 1 saturated heterocycles. The summed E-state index contributed by atoms with van der Waals surface area (Å²) in [7, 11) is 0. The standard InChI is InChI=1S/C20H28F3N/c1-4-10-24-11-6-7-19(24)13-15(3)12-17-14-18(20(21,22)23)9-8-16(17)5-2/h8-9,14,19H,3-7,10-13H2,1-2H3/t19-/m0/s1. The van der Waals surface area contributed by atoms with E-state index in [4.69, 9.17) is 0 Å². The van der Waals surface area contributed by atoms with Crippen LogP contribution in [0.4, 0.5) is 13.2 Å². The molecule has 0 radical (unpaired) electrons. The molecule has 1 fully saturated rings. The average Bonchev–Trinajstić information content (AvgIpc) is 2.93. The third-order valence-electron chi connectivity index (χ3n) is 4.89. The molecule has 1 aliphatic heterocycles. The zero-order valence-electron chi connectivity index (χ0n) is 14.8. The van der Waals surface area contributed by atoms with Crippen LogP contribution in [0.3, 0.4) is 0 Å². The van der Waals surface area contributed by atoms with Gasteiger partial charge in [-0.15, -0.1) is 0 Å². The second-order valence-electron chi connectivity index (χ2n) is 6.80. The topological polar surface area (TPSA) is 3.24 Å². The first-order valence-corrected chi connectivity index (χ1v) is 8.94. The van der Waals surface area contributed by atoms with Gasteiger partial charge in [0.25, 0.3) is 0 Å². The maximum Gasteiger partial charge on any atom is 0.416 e. The van der Waals surface area contributed by atoms with Crippen LogP contribution in [0.15, 0.2) is 30.4 Å². The van der Waals surface area contributed by atoms with Crippen molar-refractivity contribution in [1.82, 2.24) is 4.90 Å². The Kier molecular flexibility index (Phi) is 6.50. The molecular weight excluding hydrogens is 311 g/mol. The maximum atomic E-state index is 13.0. The van der Waals surface area contributed by atoms with E-state index in [1.807, 2.05) is 6.92 Å². The van der Waals surface area contributed by atoms with Crippen LogP contribution < -0.4 is 0 Å². The normalized spacial score (nSPS) is 19.0. The van der Waals surface area contributed by atoms with E-state index >= 15 is 0 Å². The molecule has 0 N–H and O–H groups in total. The van der Waals surface area contributed by atoms with Crippen LogP contribution >= 0.6 is 0 Å². The molecule has 0 unspecified atom stereocenters. The molecule has 134 valence electrons. The van der Waals surface area contributed by atoms with Crippen molar-refractivity contribution in [3.63, 3.8) is 0 Å². The summed E-state index contributed by atoms with van der Waals surface area (Å²) in [6.07, 6.45) is 1.40. The fraction of sp³-hybridized carbons (Fsp3) is 0.600. The largest absolute Gasteiger partial charge is 0.416 e. The quantitative estimate of drug-likeness (QED) is 0.582. The van der Waals surface area contributed by atoms with E-state index in [9.17, 15) is 13.2 Å². The number of benzene rings is 1. The molecule has 0 amide bonds. The number of rotatable bonds is 7. The van der Waals surface area contributed by atoms with Gasteiger partial charge in [0.05, 0.1) is 5.56 Å². The van der Waals surface area contributed by atoms with Gasteiger partial charge in [-0.1, -0.05) is 32.1 Å². The van der Waals surface area contributed by atoms with Gasteiger partial charge in [0.1, 0.15) is 0 Å². The second kappa shape index (κ2) is 8.19. The molecule has 1 heterocycles. The van der Waals surface area contributed by atoms with Crippen molar-refractivity contribution in [1.29, 1.82) is 0 Å². The van der Waals surface area contributed by atoms with Crippen LogP contribution in [0.5, 0.6) is 0 Å². The van der Waals surface area contributed by atoms with Gasteiger partial charge in [0.15, 0.2) is 0 Å². The summed E-state index contributed by atoms with van der Waals surface area (Å²) in [6.45, 7) is 10.6. The molecule has 0 spiro atoms. The van der Waals surface area contributed by atoms with Crippen molar-refractivity contribution in [2.45, 2.75) is 64.6 Å². The third kappa shape index (κ3) is 4.85. The Hall–Kier alpha value is -1.29. The molecule has 1 aromatic carbocycles. The number of aryl methyl sites for hydroxylation is 1. The molecule has 1 atom stereocenters. The van der Waals surface area contributed by atoms with E-state index in [2.05, 4.69) is 18.4 Å². The summed E-state index contributed by atoms with van der Waals surface area (Å²) in [6, 6.07) is 4.62. The Morgan fingerprint density at radius 1 is 1.25 bits per heavy atom. The summed E-state index contributed by atoms with van der Waals surface area (Å²) in [5.74, 6) is 0. The van der Waals surface area contributed by atoms with Crippen molar-refractivity contribution in [3.8, 4) is 0 Å².